The van der Waals surface area contributed by atoms with E-state index in [0.717, 1.165) is 6.54 Å². The van der Waals surface area contributed by atoms with Gasteiger partial charge in [-0.2, -0.15) is 0 Å². The standard InChI is InChI=1S/C10H20N2O2/c1-2-12(6-3-7-13)10(14)8-11-9-4-5-9/h9,11,13H,2-8H2,1H3. The second-order valence-corrected chi connectivity index (χ2v) is 3.71. The number of carbonyl (C=O) groups is 1. The van der Waals surface area contributed by atoms with Crippen molar-refractivity contribution in [3.63, 3.8) is 0 Å². The molecule has 0 atom stereocenters. The maximum atomic E-state index is 11.6. The Hall–Kier alpha value is -0.610. The highest BCUT2D eigenvalue weighted by Crippen LogP contribution is 2.18. The molecule has 2 N–H and O–H groups in total. The van der Waals surface area contributed by atoms with Crippen LogP contribution in [0.25, 0.3) is 0 Å². The van der Waals surface area contributed by atoms with Crippen LogP contribution in [0.1, 0.15) is 26.2 Å². The van der Waals surface area contributed by atoms with E-state index >= 15 is 0 Å². The molecule has 0 radical (unpaired) electrons. The minimum absolute atomic E-state index is 0.146. The van der Waals surface area contributed by atoms with Crippen LogP contribution in [-0.4, -0.2) is 48.2 Å². The third kappa shape index (κ3) is 4.07. The molecular formula is C10H20N2O2. The van der Waals surface area contributed by atoms with Crippen molar-refractivity contribution in [2.24, 2.45) is 0 Å². The summed E-state index contributed by atoms with van der Waals surface area (Å²) in [6, 6.07) is 0.579. The summed E-state index contributed by atoms with van der Waals surface area (Å²) < 4.78 is 0. The SMILES string of the molecule is CCN(CCCO)C(=O)CNC1CC1. The van der Waals surface area contributed by atoms with E-state index in [9.17, 15) is 4.79 Å². The maximum absolute atomic E-state index is 11.6. The fraction of sp³-hybridized carbons (Fsp3) is 0.900. The van der Waals surface area contributed by atoms with Crippen LogP contribution in [0.2, 0.25) is 0 Å². The van der Waals surface area contributed by atoms with Crippen molar-refractivity contribution in [2.45, 2.75) is 32.2 Å². The quantitative estimate of drug-likeness (QED) is 0.607. The Labute approximate surface area is 85.3 Å². The number of amides is 1. The lowest BCUT2D eigenvalue weighted by Crippen LogP contribution is -2.39. The van der Waals surface area contributed by atoms with Crippen molar-refractivity contribution in [2.75, 3.05) is 26.2 Å². The van der Waals surface area contributed by atoms with Crippen molar-refractivity contribution in [3.05, 3.63) is 0 Å². The predicted octanol–water partition coefficient (Wildman–Crippen LogP) is -0.0307. The summed E-state index contributed by atoms with van der Waals surface area (Å²) in [6.07, 6.45) is 3.08. The summed E-state index contributed by atoms with van der Waals surface area (Å²) in [6.45, 7) is 3.96. The number of likely N-dealkylation sites (N-methyl/N-ethyl adjacent to an activating group) is 1. The van der Waals surface area contributed by atoms with Crippen LogP contribution in [0.15, 0.2) is 0 Å². The minimum Gasteiger partial charge on any atom is -0.396 e. The third-order valence-electron chi connectivity index (χ3n) is 2.44. The molecule has 0 unspecified atom stereocenters. The van der Waals surface area contributed by atoms with E-state index < -0.39 is 0 Å². The van der Waals surface area contributed by atoms with Crippen LogP contribution < -0.4 is 5.32 Å². The van der Waals surface area contributed by atoms with Crippen LogP contribution in [0, 0.1) is 0 Å². The molecule has 1 rings (SSSR count). The molecule has 1 aliphatic rings. The molecule has 0 bridgehead atoms. The molecule has 82 valence electrons. The zero-order valence-electron chi connectivity index (χ0n) is 8.83. The number of rotatable bonds is 7. The third-order valence-corrected chi connectivity index (χ3v) is 2.44. The summed E-state index contributed by atoms with van der Waals surface area (Å²) in [5, 5.41) is 11.9. The zero-order valence-corrected chi connectivity index (χ0v) is 8.83. The highest BCUT2D eigenvalue weighted by molar-refractivity contribution is 5.78. The molecule has 0 saturated heterocycles. The molecule has 1 saturated carbocycles. The largest absolute Gasteiger partial charge is 0.396 e. The van der Waals surface area contributed by atoms with Crippen molar-refractivity contribution in [3.8, 4) is 0 Å². The van der Waals surface area contributed by atoms with Crippen molar-refractivity contribution in [1.29, 1.82) is 0 Å². The second kappa shape index (κ2) is 5.98. The van der Waals surface area contributed by atoms with E-state index in [-0.39, 0.29) is 12.5 Å². The first-order chi connectivity index (χ1) is 6.77. The molecule has 1 amide bonds. The number of nitrogens with one attached hydrogen (secondary N) is 1. The van der Waals surface area contributed by atoms with Gasteiger partial charge in [0.2, 0.25) is 5.91 Å². The highest BCUT2D eigenvalue weighted by atomic mass is 16.3. The number of aliphatic hydroxyl groups is 1. The van der Waals surface area contributed by atoms with E-state index in [2.05, 4.69) is 5.32 Å². The normalized spacial score (nSPS) is 15.6. The van der Waals surface area contributed by atoms with E-state index in [1.807, 2.05) is 6.92 Å². The Balaban J connectivity index is 2.15. The first-order valence-corrected chi connectivity index (χ1v) is 5.40. The fourth-order valence-electron chi connectivity index (χ4n) is 1.35. The Morgan fingerprint density at radius 3 is 2.79 bits per heavy atom. The zero-order chi connectivity index (χ0) is 10.4. The van der Waals surface area contributed by atoms with Gasteiger partial charge in [-0.3, -0.25) is 4.79 Å². The summed E-state index contributed by atoms with van der Waals surface area (Å²) in [5.41, 5.74) is 0. The Kier molecular flexibility index (Phi) is 4.90. The molecule has 0 heterocycles. The van der Waals surface area contributed by atoms with Crippen LogP contribution >= 0.6 is 0 Å². The van der Waals surface area contributed by atoms with E-state index in [1.54, 1.807) is 4.90 Å². The summed E-state index contributed by atoms with van der Waals surface area (Å²) >= 11 is 0. The first-order valence-electron chi connectivity index (χ1n) is 5.40. The lowest BCUT2D eigenvalue weighted by atomic mass is 10.3. The van der Waals surface area contributed by atoms with Gasteiger partial charge >= 0.3 is 0 Å². The van der Waals surface area contributed by atoms with Gasteiger partial charge in [-0.25, -0.2) is 0 Å². The first kappa shape index (κ1) is 11.5. The second-order valence-electron chi connectivity index (χ2n) is 3.71. The lowest BCUT2D eigenvalue weighted by Gasteiger charge is -2.20. The lowest BCUT2D eigenvalue weighted by molar-refractivity contribution is -0.130. The number of nitrogens with zero attached hydrogens (tertiary/aromatic N) is 1. The minimum atomic E-state index is 0.146. The van der Waals surface area contributed by atoms with E-state index in [4.69, 9.17) is 5.11 Å². The molecule has 0 spiro atoms. The Bertz CT molecular complexity index is 181. The molecule has 1 fully saturated rings. The molecule has 0 aromatic carbocycles. The molecular weight excluding hydrogens is 180 g/mol. The highest BCUT2D eigenvalue weighted by Gasteiger charge is 2.22. The summed E-state index contributed by atoms with van der Waals surface area (Å²) in [5.74, 6) is 0.146. The van der Waals surface area contributed by atoms with Crippen molar-refractivity contribution in [1.82, 2.24) is 10.2 Å². The van der Waals surface area contributed by atoms with Gasteiger partial charge in [-0.15, -0.1) is 0 Å². The van der Waals surface area contributed by atoms with Gasteiger partial charge in [0, 0.05) is 25.7 Å². The van der Waals surface area contributed by atoms with Crippen LogP contribution in [0.5, 0.6) is 0 Å². The van der Waals surface area contributed by atoms with Crippen LogP contribution in [0.4, 0.5) is 0 Å². The molecule has 0 aliphatic heterocycles. The van der Waals surface area contributed by atoms with Gasteiger partial charge < -0.3 is 15.3 Å². The molecule has 4 nitrogen and oxygen atoms in total. The molecule has 14 heavy (non-hydrogen) atoms. The maximum Gasteiger partial charge on any atom is 0.236 e. The van der Waals surface area contributed by atoms with Crippen molar-refractivity contribution < 1.29 is 9.90 Å². The average molecular weight is 200 g/mol. The Morgan fingerprint density at radius 1 is 1.57 bits per heavy atom. The topological polar surface area (TPSA) is 52.6 Å². The predicted molar refractivity (Wildman–Crippen MR) is 55.0 cm³/mol. The van der Waals surface area contributed by atoms with Gasteiger partial charge in [-0.1, -0.05) is 0 Å². The smallest absolute Gasteiger partial charge is 0.236 e. The molecule has 0 aromatic rings. The van der Waals surface area contributed by atoms with Gasteiger partial charge in [0.05, 0.1) is 6.54 Å². The average Bonchev–Trinajstić information content (AvgIpc) is 2.99. The van der Waals surface area contributed by atoms with E-state index in [1.165, 1.54) is 12.8 Å². The number of hydrogen-bond acceptors (Lipinski definition) is 3. The van der Waals surface area contributed by atoms with Gasteiger partial charge in [0.1, 0.15) is 0 Å². The number of carbonyl (C=O) groups excluding carboxylic acids is 1. The summed E-state index contributed by atoms with van der Waals surface area (Å²) in [7, 11) is 0. The molecule has 0 aromatic heterocycles. The van der Waals surface area contributed by atoms with Gasteiger partial charge in [0.25, 0.3) is 0 Å². The van der Waals surface area contributed by atoms with Gasteiger partial charge in [-0.05, 0) is 26.2 Å². The monoisotopic (exact) mass is 200 g/mol. The number of aliphatic hydroxyl groups excluding tert-OH is 1. The van der Waals surface area contributed by atoms with Crippen LogP contribution in [0.3, 0.4) is 0 Å². The van der Waals surface area contributed by atoms with E-state index in [0.29, 0.717) is 25.6 Å². The fourth-order valence-corrected chi connectivity index (χ4v) is 1.35. The van der Waals surface area contributed by atoms with Crippen LogP contribution in [-0.2, 0) is 4.79 Å². The molecule has 1 aliphatic carbocycles. The van der Waals surface area contributed by atoms with Crippen molar-refractivity contribution >= 4 is 5.91 Å². The molecule has 4 heteroatoms. The summed E-state index contributed by atoms with van der Waals surface area (Å²) in [4.78, 5) is 13.4. The number of hydrogen-bond donors (Lipinski definition) is 2. The van der Waals surface area contributed by atoms with Gasteiger partial charge in [0.15, 0.2) is 0 Å². The Morgan fingerprint density at radius 2 is 2.29 bits per heavy atom.